The van der Waals surface area contributed by atoms with E-state index in [-0.39, 0.29) is 0 Å². The average Bonchev–Trinajstić information content (AvgIpc) is 2.34. The first-order valence-corrected chi connectivity index (χ1v) is 7.83. The molecule has 1 N–H and O–H groups in total. The maximum Gasteiger partial charge on any atom is 0.0411 e. The van der Waals surface area contributed by atoms with E-state index in [1.807, 2.05) is 0 Å². The van der Waals surface area contributed by atoms with Crippen LogP contribution in [0.4, 0.5) is 11.4 Å². The summed E-state index contributed by atoms with van der Waals surface area (Å²) in [5.74, 6) is 0.739. The lowest BCUT2D eigenvalue weighted by molar-refractivity contribution is 0.177. The van der Waals surface area contributed by atoms with Crippen LogP contribution in [0.5, 0.6) is 0 Å². The van der Waals surface area contributed by atoms with E-state index in [1.54, 1.807) is 0 Å². The molecule has 2 nitrogen and oxygen atoms in total. The second-order valence-electron chi connectivity index (χ2n) is 7.53. The molecule has 112 valence electrons. The van der Waals surface area contributed by atoms with Crippen LogP contribution in [-0.4, -0.2) is 20.1 Å². The molecule has 1 aliphatic rings. The van der Waals surface area contributed by atoms with Crippen LogP contribution in [0.25, 0.3) is 0 Å². The third-order valence-electron chi connectivity index (χ3n) is 4.74. The molecule has 0 spiro atoms. The standard InChI is InChI=1S/C18H30N2/c1-13-7-8-15(11-17(13)20(5)6)19-16-9-10-18(3,4)12-14(16)2/h7-8,11,14,16,19H,9-10,12H2,1-6H3. The monoisotopic (exact) mass is 274 g/mol. The minimum atomic E-state index is 0.514. The molecule has 1 aromatic carbocycles. The van der Waals surface area contributed by atoms with E-state index in [0.29, 0.717) is 11.5 Å². The summed E-state index contributed by atoms with van der Waals surface area (Å²) in [7, 11) is 4.22. The summed E-state index contributed by atoms with van der Waals surface area (Å²) in [4.78, 5) is 2.19. The number of hydrogen-bond donors (Lipinski definition) is 1. The molecule has 0 aromatic heterocycles. The van der Waals surface area contributed by atoms with Crippen molar-refractivity contribution in [3.8, 4) is 0 Å². The van der Waals surface area contributed by atoms with Crippen LogP contribution >= 0.6 is 0 Å². The third-order valence-corrected chi connectivity index (χ3v) is 4.74. The molecule has 0 saturated heterocycles. The first kappa shape index (κ1) is 15.2. The SMILES string of the molecule is Cc1ccc(NC2CCC(C)(C)CC2C)cc1N(C)C. The Kier molecular flexibility index (Phi) is 4.31. The predicted octanol–water partition coefficient (Wildman–Crippen LogP) is 4.69. The van der Waals surface area contributed by atoms with Crippen molar-refractivity contribution in [2.45, 2.75) is 53.0 Å². The first-order valence-electron chi connectivity index (χ1n) is 7.83. The van der Waals surface area contributed by atoms with Crippen molar-refractivity contribution in [1.29, 1.82) is 0 Å². The fraction of sp³-hybridized carbons (Fsp3) is 0.667. The van der Waals surface area contributed by atoms with Gasteiger partial charge in [-0.3, -0.25) is 0 Å². The van der Waals surface area contributed by atoms with Crippen molar-refractivity contribution >= 4 is 11.4 Å². The van der Waals surface area contributed by atoms with Gasteiger partial charge in [0.1, 0.15) is 0 Å². The summed E-state index contributed by atoms with van der Waals surface area (Å²) < 4.78 is 0. The molecule has 0 heterocycles. The molecule has 1 aromatic rings. The fourth-order valence-corrected chi connectivity index (χ4v) is 3.56. The number of nitrogens with one attached hydrogen (secondary N) is 1. The van der Waals surface area contributed by atoms with Crippen LogP contribution in [0.2, 0.25) is 0 Å². The second kappa shape index (κ2) is 5.67. The normalized spacial score (nSPS) is 25.3. The minimum Gasteiger partial charge on any atom is -0.382 e. The molecule has 0 radical (unpaired) electrons. The van der Waals surface area contributed by atoms with Crippen LogP contribution < -0.4 is 10.2 Å². The third kappa shape index (κ3) is 3.47. The lowest BCUT2D eigenvalue weighted by Gasteiger charge is -2.40. The van der Waals surface area contributed by atoms with Crippen LogP contribution in [0.15, 0.2) is 18.2 Å². The highest BCUT2D eigenvalue weighted by Gasteiger charge is 2.32. The summed E-state index contributed by atoms with van der Waals surface area (Å²) >= 11 is 0. The molecule has 0 aliphatic heterocycles. The number of aryl methyl sites for hydroxylation is 1. The van der Waals surface area contributed by atoms with Crippen molar-refractivity contribution in [2.75, 3.05) is 24.3 Å². The topological polar surface area (TPSA) is 15.3 Å². The van der Waals surface area contributed by atoms with Crippen LogP contribution in [0, 0.1) is 18.3 Å². The Hall–Kier alpha value is -1.18. The average molecular weight is 274 g/mol. The first-order chi connectivity index (χ1) is 9.28. The maximum atomic E-state index is 3.76. The molecule has 0 bridgehead atoms. The summed E-state index contributed by atoms with van der Waals surface area (Å²) in [6.07, 6.45) is 3.91. The van der Waals surface area contributed by atoms with E-state index < -0.39 is 0 Å². The molecular weight excluding hydrogens is 244 g/mol. The van der Waals surface area contributed by atoms with Crippen LogP contribution in [-0.2, 0) is 0 Å². The van der Waals surface area contributed by atoms with Gasteiger partial charge in [-0.1, -0.05) is 26.8 Å². The Bertz CT molecular complexity index is 462. The molecule has 1 fully saturated rings. The Morgan fingerprint density at radius 3 is 2.55 bits per heavy atom. The number of nitrogens with zero attached hydrogens (tertiary/aromatic N) is 1. The molecule has 20 heavy (non-hydrogen) atoms. The lowest BCUT2D eigenvalue weighted by Crippen LogP contribution is -2.36. The maximum absolute atomic E-state index is 3.76. The molecule has 1 aliphatic carbocycles. The zero-order chi connectivity index (χ0) is 14.9. The molecular formula is C18H30N2. The van der Waals surface area contributed by atoms with Gasteiger partial charge in [-0.15, -0.1) is 0 Å². The second-order valence-corrected chi connectivity index (χ2v) is 7.53. The van der Waals surface area contributed by atoms with Crippen molar-refractivity contribution in [1.82, 2.24) is 0 Å². The Morgan fingerprint density at radius 1 is 1.25 bits per heavy atom. The van der Waals surface area contributed by atoms with Crippen LogP contribution in [0.1, 0.15) is 45.6 Å². The van der Waals surface area contributed by atoms with E-state index >= 15 is 0 Å². The highest BCUT2D eigenvalue weighted by molar-refractivity contribution is 5.62. The highest BCUT2D eigenvalue weighted by atomic mass is 15.1. The van der Waals surface area contributed by atoms with Gasteiger partial charge in [0, 0.05) is 31.5 Å². The van der Waals surface area contributed by atoms with Crippen molar-refractivity contribution in [2.24, 2.45) is 11.3 Å². The number of benzene rings is 1. The summed E-state index contributed by atoms with van der Waals surface area (Å²) in [5.41, 5.74) is 4.41. The molecule has 0 amide bonds. The van der Waals surface area contributed by atoms with Gasteiger partial charge < -0.3 is 10.2 Å². The summed E-state index contributed by atoms with van der Waals surface area (Å²) in [6, 6.07) is 7.33. The smallest absolute Gasteiger partial charge is 0.0411 e. The van der Waals surface area contributed by atoms with E-state index in [2.05, 4.69) is 70.2 Å². The van der Waals surface area contributed by atoms with E-state index in [1.165, 1.54) is 36.2 Å². The Balaban J connectivity index is 2.09. The van der Waals surface area contributed by atoms with Crippen molar-refractivity contribution in [3.05, 3.63) is 23.8 Å². The molecule has 2 heteroatoms. The Labute approximate surface area is 124 Å². The molecule has 2 atom stereocenters. The largest absolute Gasteiger partial charge is 0.382 e. The van der Waals surface area contributed by atoms with Gasteiger partial charge >= 0.3 is 0 Å². The fourth-order valence-electron chi connectivity index (χ4n) is 3.56. The zero-order valence-electron chi connectivity index (χ0n) is 14.0. The van der Waals surface area contributed by atoms with Gasteiger partial charge in [-0.05, 0) is 55.2 Å². The predicted molar refractivity (Wildman–Crippen MR) is 89.7 cm³/mol. The molecule has 2 rings (SSSR count). The highest BCUT2D eigenvalue weighted by Crippen LogP contribution is 2.39. The van der Waals surface area contributed by atoms with E-state index in [9.17, 15) is 0 Å². The van der Waals surface area contributed by atoms with Crippen molar-refractivity contribution < 1.29 is 0 Å². The number of anilines is 2. The van der Waals surface area contributed by atoms with Gasteiger partial charge in [-0.2, -0.15) is 0 Å². The lowest BCUT2D eigenvalue weighted by atomic mass is 9.70. The van der Waals surface area contributed by atoms with Gasteiger partial charge in [0.05, 0.1) is 0 Å². The van der Waals surface area contributed by atoms with Gasteiger partial charge in [0.15, 0.2) is 0 Å². The summed E-state index contributed by atoms with van der Waals surface area (Å²) in [6.45, 7) is 9.36. The number of hydrogen-bond acceptors (Lipinski definition) is 2. The minimum absolute atomic E-state index is 0.514. The molecule has 2 unspecified atom stereocenters. The van der Waals surface area contributed by atoms with E-state index in [4.69, 9.17) is 0 Å². The zero-order valence-corrected chi connectivity index (χ0v) is 14.0. The quantitative estimate of drug-likeness (QED) is 0.860. The van der Waals surface area contributed by atoms with Gasteiger partial charge in [0.2, 0.25) is 0 Å². The van der Waals surface area contributed by atoms with Gasteiger partial charge in [0.25, 0.3) is 0 Å². The number of rotatable bonds is 3. The van der Waals surface area contributed by atoms with E-state index in [0.717, 1.165) is 5.92 Å². The van der Waals surface area contributed by atoms with Gasteiger partial charge in [-0.25, -0.2) is 0 Å². The summed E-state index contributed by atoms with van der Waals surface area (Å²) in [5, 5.41) is 3.76. The van der Waals surface area contributed by atoms with Crippen LogP contribution in [0.3, 0.4) is 0 Å². The Morgan fingerprint density at radius 2 is 1.95 bits per heavy atom. The van der Waals surface area contributed by atoms with Crippen molar-refractivity contribution in [3.63, 3.8) is 0 Å². The molecule has 1 saturated carbocycles.